The molecule has 1 heterocycles. The van der Waals surface area contributed by atoms with Gasteiger partial charge in [0.1, 0.15) is 5.82 Å². The predicted octanol–water partition coefficient (Wildman–Crippen LogP) is 2.75. The largest absolute Gasteiger partial charge is 0.341 e. The Morgan fingerprint density at radius 3 is 2.86 bits per heavy atom. The van der Waals surface area contributed by atoms with E-state index < -0.39 is 0 Å². The molecule has 1 aliphatic rings. The van der Waals surface area contributed by atoms with Crippen molar-refractivity contribution >= 4 is 5.91 Å². The lowest BCUT2D eigenvalue weighted by molar-refractivity contribution is -0.131. The predicted molar refractivity (Wildman–Crippen MR) is 82.6 cm³/mol. The minimum absolute atomic E-state index is 0.0225. The first-order valence-corrected chi connectivity index (χ1v) is 7.95. The quantitative estimate of drug-likeness (QED) is 0.874. The summed E-state index contributed by atoms with van der Waals surface area (Å²) in [5.74, 6) is -0.271. The van der Waals surface area contributed by atoms with Crippen LogP contribution in [0, 0.1) is 5.82 Å². The highest BCUT2D eigenvalue weighted by molar-refractivity contribution is 5.78. The zero-order valence-corrected chi connectivity index (χ0v) is 12.8. The number of halogens is 1. The van der Waals surface area contributed by atoms with Gasteiger partial charge in [-0.15, -0.1) is 0 Å². The van der Waals surface area contributed by atoms with Crippen molar-refractivity contribution in [3.05, 3.63) is 35.6 Å². The number of nitrogens with one attached hydrogen (secondary N) is 1. The van der Waals surface area contributed by atoms with Crippen molar-refractivity contribution < 1.29 is 9.18 Å². The molecule has 0 bridgehead atoms. The molecule has 1 saturated heterocycles. The molecule has 0 radical (unpaired) electrons. The molecule has 1 unspecified atom stereocenters. The molecule has 1 amide bonds. The van der Waals surface area contributed by atoms with E-state index in [1.165, 1.54) is 18.9 Å². The summed E-state index contributed by atoms with van der Waals surface area (Å²) < 4.78 is 13.7. The first-order chi connectivity index (χ1) is 10.2. The number of carbonyl (C=O) groups excluding carboxylic acids is 1. The van der Waals surface area contributed by atoms with Gasteiger partial charge in [-0.2, -0.15) is 0 Å². The second-order valence-corrected chi connectivity index (χ2v) is 5.75. The molecule has 116 valence electrons. The minimum atomic E-state index is -0.293. The Morgan fingerprint density at radius 1 is 1.38 bits per heavy atom. The van der Waals surface area contributed by atoms with Crippen molar-refractivity contribution in [2.45, 2.75) is 45.1 Å². The lowest BCUT2D eigenvalue weighted by Gasteiger charge is -2.30. The summed E-state index contributed by atoms with van der Waals surface area (Å²) in [6.45, 7) is 4.58. The highest BCUT2D eigenvalue weighted by atomic mass is 19.1. The Hall–Kier alpha value is -1.42. The zero-order valence-electron chi connectivity index (χ0n) is 12.8. The van der Waals surface area contributed by atoms with Crippen LogP contribution in [0.25, 0.3) is 0 Å². The van der Waals surface area contributed by atoms with E-state index in [1.54, 1.807) is 18.2 Å². The van der Waals surface area contributed by atoms with Crippen LogP contribution in [0.2, 0.25) is 0 Å². The number of benzene rings is 1. The molecule has 21 heavy (non-hydrogen) atoms. The number of carbonyl (C=O) groups is 1. The second kappa shape index (κ2) is 8.13. The Balaban J connectivity index is 1.96. The van der Waals surface area contributed by atoms with Gasteiger partial charge in [0, 0.05) is 19.1 Å². The Labute approximate surface area is 126 Å². The Morgan fingerprint density at radius 2 is 2.19 bits per heavy atom. The molecule has 0 aliphatic carbocycles. The summed E-state index contributed by atoms with van der Waals surface area (Å²) in [7, 11) is 0. The molecule has 0 spiro atoms. The molecule has 1 aromatic carbocycles. The standard InChI is InChI=1S/C17H25FN2O/c1-2-11-20(13-15-8-5-6-10-19-15)17(21)12-14-7-3-4-9-16(14)18/h3-4,7,9,15,19H,2,5-6,8,10-13H2,1H3. The van der Waals surface area contributed by atoms with Gasteiger partial charge in [-0.05, 0) is 37.4 Å². The average molecular weight is 292 g/mol. The molecule has 3 nitrogen and oxygen atoms in total. The minimum Gasteiger partial charge on any atom is -0.341 e. The van der Waals surface area contributed by atoms with Crippen LogP contribution in [-0.4, -0.2) is 36.5 Å². The fraction of sp³-hybridized carbons (Fsp3) is 0.588. The van der Waals surface area contributed by atoms with Gasteiger partial charge in [0.15, 0.2) is 0 Å². The van der Waals surface area contributed by atoms with Crippen LogP contribution in [-0.2, 0) is 11.2 Å². The fourth-order valence-corrected chi connectivity index (χ4v) is 2.85. The third kappa shape index (κ3) is 4.81. The van der Waals surface area contributed by atoms with Crippen LogP contribution in [0.5, 0.6) is 0 Å². The first-order valence-electron chi connectivity index (χ1n) is 7.95. The SMILES string of the molecule is CCCN(CC1CCCCN1)C(=O)Cc1ccccc1F. The van der Waals surface area contributed by atoms with Crippen LogP contribution in [0.4, 0.5) is 4.39 Å². The maximum Gasteiger partial charge on any atom is 0.227 e. The van der Waals surface area contributed by atoms with E-state index in [0.717, 1.165) is 32.5 Å². The van der Waals surface area contributed by atoms with Gasteiger partial charge >= 0.3 is 0 Å². The van der Waals surface area contributed by atoms with Gasteiger partial charge < -0.3 is 10.2 Å². The molecule has 1 fully saturated rings. The molecule has 0 saturated carbocycles. The molecular weight excluding hydrogens is 267 g/mol. The van der Waals surface area contributed by atoms with E-state index >= 15 is 0 Å². The van der Waals surface area contributed by atoms with Crippen molar-refractivity contribution in [3.8, 4) is 0 Å². The van der Waals surface area contributed by atoms with Crippen molar-refractivity contribution in [3.63, 3.8) is 0 Å². The molecule has 0 aromatic heterocycles. The van der Waals surface area contributed by atoms with Crippen LogP contribution in [0.3, 0.4) is 0 Å². The molecule has 1 aromatic rings. The zero-order chi connectivity index (χ0) is 15.1. The van der Waals surface area contributed by atoms with E-state index in [4.69, 9.17) is 0 Å². The molecule has 4 heteroatoms. The van der Waals surface area contributed by atoms with Gasteiger partial charge in [0.05, 0.1) is 6.42 Å². The van der Waals surface area contributed by atoms with E-state index in [1.807, 2.05) is 4.90 Å². The van der Waals surface area contributed by atoms with Crippen LogP contribution < -0.4 is 5.32 Å². The Kier molecular flexibility index (Phi) is 6.18. The average Bonchev–Trinajstić information content (AvgIpc) is 2.50. The van der Waals surface area contributed by atoms with Gasteiger partial charge in [0.25, 0.3) is 0 Å². The van der Waals surface area contributed by atoms with Crippen LogP contribution in [0.1, 0.15) is 38.2 Å². The topological polar surface area (TPSA) is 32.3 Å². The maximum absolute atomic E-state index is 13.7. The Bertz CT molecular complexity index is 458. The molecule has 2 rings (SSSR count). The van der Waals surface area contributed by atoms with E-state index in [2.05, 4.69) is 12.2 Å². The van der Waals surface area contributed by atoms with E-state index in [9.17, 15) is 9.18 Å². The number of nitrogens with zero attached hydrogens (tertiary/aromatic N) is 1. The van der Waals surface area contributed by atoms with Crippen LogP contribution in [0.15, 0.2) is 24.3 Å². The summed E-state index contributed by atoms with van der Waals surface area (Å²) in [4.78, 5) is 14.3. The number of hydrogen-bond acceptors (Lipinski definition) is 2. The number of piperidine rings is 1. The molecular formula is C17H25FN2O. The number of hydrogen-bond donors (Lipinski definition) is 1. The summed E-state index contributed by atoms with van der Waals surface area (Å²) in [5.41, 5.74) is 0.486. The maximum atomic E-state index is 13.7. The summed E-state index contributed by atoms with van der Waals surface area (Å²) in [5, 5.41) is 3.47. The molecule has 1 atom stereocenters. The smallest absolute Gasteiger partial charge is 0.227 e. The van der Waals surface area contributed by atoms with Gasteiger partial charge in [-0.1, -0.05) is 31.5 Å². The van der Waals surface area contributed by atoms with Crippen LogP contribution >= 0.6 is 0 Å². The second-order valence-electron chi connectivity index (χ2n) is 5.75. The van der Waals surface area contributed by atoms with Crippen molar-refractivity contribution in [1.29, 1.82) is 0 Å². The van der Waals surface area contributed by atoms with Gasteiger partial charge in [-0.25, -0.2) is 4.39 Å². The first kappa shape index (κ1) is 16.0. The molecule has 1 aliphatic heterocycles. The number of amides is 1. The van der Waals surface area contributed by atoms with Crippen molar-refractivity contribution in [1.82, 2.24) is 10.2 Å². The third-order valence-electron chi connectivity index (χ3n) is 4.00. The summed E-state index contributed by atoms with van der Waals surface area (Å²) >= 11 is 0. The van der Waals surface area contributed by atoms with E-state index in [0.29, 0.717) is 11.6 Å². The highest BCUT2D eigenvalue weighted by Crippen LogP contribution is 2.12. The van der Waals surface area contributed by atoms with E-state index in [-0.39, 0.29) is 18.1 Å². The normalized spacial score (nSPS) is 18.5. The van der Waals surface area contributed by atoms with Gasteiger partial charge in [0.2, 0.25) is 5.91 Å². The fourth-order valence-electron chi connectivity index (χ4n) is 2.85. The van der Waals surface area contributed by atoms with Crippen molar-refractivity contribution in [2.24, 2.45) is 0 Å². The third-order valence-corrected chi connectivity index (χ3v) is 4.00. The lowest BCUT2D eigenvalue weighted by atomic mass is 10.0. The molecule has 1 N–H and O–H groups in total. The monoisotopic (exact) mass is 292 g/mol. The van der Waals surface area contributed by atoms with Gasteiger partial charge in [-0.3, -0.25) is 4.79 Å². The summed E-state index contributed by atoms with van der Waals surface area (Å²) in [6.07, 6.45) is 4.63. The lowest BCUT2D eigenvalue weighted by Crippen LogP contribution is -2.46. The number of rotatable bonds is 6. The highest BCUT2D eigenvalue weighted by Gasteiger charge is 2.20. The van der Waals surface area contributed by atoms with Crippen molar-refractivity contribution in [2.75, 3.05) is 19.6 Å². The summed E-state index contributed by atoms with van der Waals surface area (Å²) in [6, 6.07) is 6.92.